The number of hydrogen-bond donors (Lipinski definition) is 2. The Labute approximate surface area is 93.0 Å². The lowest BCUT2D eigenvalue weighted by Gasteiger charge is -2.16. The van der Waals surface area contributed by atoms with Crippen molar-refractivity contribution < 1.29 is 5.11 Å². The number of pyridine rings is 1. The minimum Gasteiger partial charge on any atom is -0.393 e. The molecule has 2 N–H and O–H groups in total. The molecule has 1 unspecified atom stereocenters. The molecule has 2 aromatic heterocycles. The number of nitrogens with zero attached hydrogens (tertiary/aromatic N) is 2. The predicted molar refractivity (Wildman–Crippen MR) is 61.7 cm³/mol. The van der Waals surface area contributed by atoms with Crippen molar-refractivity contribution in [1.82, 2.24) is 15.0 Å². The van der Waals surface area contributed by atoms with E-state index in [1.807, 2.05) is 12.1 Å². The SMILES string of the molecule is OC1CC=C(c2ccc3[nH]cnc3n2)CC1. The molecule has 1 aliphatic carbocycles. The predicted octanol–water partition coefficient (Wildman–Crippen LogP) is 1.89. The van der Waals surface area contributed by atoms with Crippen LogP contribution in [0.1, 0.15) is 25.0 Å². The van der Waals surface area contributed by atoms with Gasteiger partial charge in [0.15, 0.2) is 5.65 Å². The molecular formula is C12H13N3O. The average molecular weight is 215 g/mol. The van der Waals surface area contributed by atoms with Gasteiger partial charge in [0, 0.05) is 0 Å². The van der Waals surface area contributed by atoms with Crippen LogP contribution in [0.15, 0.2) is 24.5 Å². The summed E-state index contributed by atoms with van der Waals surface area (Å²) in [5.74, 6) is 0. The van der Waals surface area contributed by atoms with E-state index < -0.39 is 0 Å². The lowest BCUT2D eigenvalue weighted by molar-refractivity contribution is 0.166. The van der Waals surface area contributed by atoms with Gasteiger partial charge in [-0.1, -0.05) is 6.08 Å². The molecule has 4 heteroatoms. The van der Waals surface area contributed by atoms with E-state index in [0.717, 1.165) is 36.1 Å². The molecule has 4 nitrogen and oxygen atoms in total. The van der Waals surface area contributed by atoms with E-state index in [-0.39, 0.29) is 6.10 Å². The Morgan fingerprint density at radius 2 is 2.31 bits per heavy atom. The summed E-state index contributed by atoms with van der Waals surface area (Å²) >= 11 is 0. The van der Waals surface area contributed by atoms with Crippen molar-refractivity contribution >= 4 is 16.7 Å². The maximum absolute atomic E-state index is 9.43. The van der Waals surface area contributed by atoms with Crippen molar-refractivity contribution in [2.24, 2.45) is 0 Å². The van der Waals surface area contributed by atoms with Crippen LogP contribution in [0.3, 0.4) is 0 Å². The molecule has 0 radical (unpaired) electrons. The summed E-state index contributed by atoms with van der Waals surface area (Å²) in [5.41, 5.74) is 3.91. The lowest BCUT2D eigenvalue weighted by atomic mass is 9.95. The number of H-pyrrole nitrogens is 1. The molecule has 16 heavy (non-hydrogen) atoms. The highest BCUT2D eigenvalue weighted by Gasteiger charge is 2.14. The van der Waals surface area contributed by atoms with Crippen molar-refractivity contribution in [1.29, 1.82) is 0 Å². The van der Waals surface area contributed by atoms with Crippen LogP contribution >= 0.6 is 0 Å². The largest absolute Gasteiger partial charge is 0.393 e. The van der Waals surface area contributed by atoms with E-state index in [0.29, 0.717) is 0 Å². The summed E-state index contributed by atoms with van der Waals surface area (Å²) in [5, 5.41) is 9.43. The van der Waals surface area contributed by atoms with Gasteiger partial charge in [0.25, 0.3) is 0 Å². The van der Waals surface area contributed by atoms with Crippen molar-refractivity contribution in [2.45, 2.75) is 25.4 Å². The fourth-order valence-electron chi connectivity index (χ4n) is 2.05. The van der Waals surface area contributed by atoms with Crippen LogP contribution in [0, 0.1) is 0 Å². The monoisotopic (exact) mass is 215 g/mol. The number of aliphatic hydroxyl groups excluding tert-OH is 1. The zero-order chi connectivity index (χ0) is 11.0. The standard InChI is InChI=1S/C12H13N3O/c16-9-3-1-8(2-4-9)10-5-6-11-12(15-10)14-7-13-11/h1,5-7,9,16H,2-4H2,(H,13,14,15). The van der Waals surface area contributed by atoms with Crippen LogP contribution in [-0.2, 0) is 0 Å². The first-order valence-electron chi connectivity index (χ1n) is 5.50. The Kier molecular flexibility index (Phi) is 2.22. The van der Waals surface area contributed by atoms with Gasteiger partial charge in [0.1, 0.15) is 0 Å². The molecule has 2 heterocycles. The quantitative estimate of drug-likeness (QED) is 0.763. The van der Waals surface area contributed by atoms with E-state index in [2.05, 4.69) is 21.0 Å². The summed E-state index contributed by atoms with van der Waals surface area (Å²) in [7, 11) is 0. The van der Waals surface area contributed by atoms with E-state index in [1.54, 1.807) is 6.33 Å². The number of imidazole rings is 1. The number of nitrogens with one attached hydrogen (secondary N) is 1. The first-order valence-corrected chi connectivity index (χ1v) is 5.50. The third-order valence-electron chi connectivity index (χ3n) is 2.99. The Morgan fingerprint density at radius 3 is 3.12 bits per heavy atom. The second-order valence-electron chi connectivity index (χ2n) is 4.13. The Balaban J connectivity index is 1.99. The normalized spacial score (nSPS) is 21.1. The average Bonchev–Trinajstić information content (AvgIpc) is 2.77. The smallest absolute Gasteiger partial charge is 0.177 e. The Bertz CT molecular complexity index is 544. The molecule has 3 rings (SSSR count). The van der Waals surface area contributed by atoms with Crippen LogP contribution in [0.25, 0.3) is 16.7 Å². The number of aromatic nitrogens is 3. The molecule has 1 atom stereocenters. The molecule has 82 valence electrons. The van der Waals surface area contributed by atoms with Crippen molar-refractivity contribution in [3.05, 3.63) is 30.2 Å². The summed E-state index contributed by atoms with van der Waals surface area (Å²) in [6, 6.07) is 4.00. The molecule has 0 saturated carbocycles. The topological polar surface area (TPSA) is 61.8 Å². The highest BCUT2D eigenvalue weighted by molar-refractivity contribution is 5.74. The van der Waals surface area contributed by atoms with Crippen molar-refractivity contribution in [3.8, 4) is 0 Å². The number of allylic oxidation sites excluding steroid dienone is 1. The van der Waals surface area contributed by atoms with E-state index in [9.17, 15) is 5.11 Å². The molecule has 0 saturated heterocycles. The lowest BCUT2D eigenvalue weighted by Crippen LogP contribution is -2.10. The number of aliphatic hydroxyl groups is 1. The molecule has 0 aliphatic heterocycles. The molecule has 0 fully saturated rings. The van der Waals surface area contributed by atoms with Gasteiger partial charge in [-0.15, -0.1) is 0 Å². The molecule has 0 aromatic carbocycles. The fourth-order valence-corrected chi connectivity index (χ4v) is 2.05. The summed E-state index contributed by atoms with van der Waals surface area (Å²) in [4.78, 5) is 11.7. The summed E-state index contributed by atoms with van der Waals surface area (Å²) in [6.07, 6.45) is 6.00. The van der Waals surface area contributed by atoms with Gasteiger partial charge in [0.2, 0.25) is 0 Å². The van der Waals surface area contributed by atoms with Crippen LogP contribution in [-0.4, -0.2) is 26.2 Å². The molecule has 0 amide bonds. The van der Waals surface area contributed by atoms with Gasteiger partial charge < -0.3 is 10.1 Å². The van der Waals surface area contributed by atoms with Gasteiger partial charge >= 0.3 is 0 Å². The number of fused-ring (bicyclic) bond motifs is 1. The van der Waals surface area contributed by atoms with E-state index >= 15 is 0 Å². The second kappa shape index (κ2) is 3.72. The Hall–Kier alpha value is -1.68. The number of hydrogen-bond acceptors (Lipinski definition) is 3. The third kappa shape index (κ3) is 1.61. The van der Waals surface area contributed by atoms with E-state index in [1.165, 1.54) is 5.57 Å². The van der Waals surface area contributed by atoms with Crippen LogP contribution in [0.4, 0.5) is 0 Å². The van der Waals surface area contributed by atoms with Gasteiger partial charge in [-0.05, 0) is 37.0 Å². The molecular weight excluding hydrogens is 202 g/mol. The molecule has 2 aromatic rings. The maximum atomic E-state index is 9.43. The maximum Gasteiger partial charge on any atom is 0.177 e. The first-order chi connectivity index (χ1) is 7.83. The van der Waals surface area contributed by atoms with Crippen molar-refractivity contribution in [3.63, 3.8) is 0 Å². The molecule has 1 aliphatic rings. The van der Waals surface area contributed by atoms with Crippen LogP contribution in [0.2, 0.25) is 0 Å². The molecule has 0 spiro atoms. The number of rotatable bonds is 1. The van der Waals surface area contributed by atoms with E-state index in [4.69, 9.17) is 0 Å². The summed E-state index contributed by atoms with van der Waals surface area (Å²) in [6.45, 7) is 0. The van der Waals surface area contributed by atoms with Crippen molar-refractivity contribution in [2.75, 3.05) is 0 Å². The zero-order valence-electron chi connectivity index (χ0n) is 8.85. The van der Waals surface area contributed by atoms with Gasteiger partial charge in [-0.2, -0.15) is 0 Å². The van der Waals surface area contributed by atoms with Gasteiger partial charge in [-0.3, -0.25) is 0 Å². The minimum atomic E-state index is -0.183. The second-order valence-corrected chi connectivity index (χ2v) is 4.13. The van der Waals surface area contributed by atoms with Crippen LogP contribution in [0.5, 0.6) is 0 Å². The highest BCUT2D eigenvalue weighted by atomic mass is 16.3. The summed E-state index contributed by atoms with van der Waals surface area (Å²) < 4.78 is 0. The zero-order valence-corrected chi connectivity index (χ0v) is 8.85. The highest BCUT2D eigenvalue weighted by Crippen LogP contribution is 2.26. The fraction of sp³-hybridized carbons (Fsp3) is 0.333. The van der Waals surface area contributed by atoms with Crippen LogP contribution < -0.4 is 0 Å². The Morgan fingerprint density at radius 1 is 1.38 bits per heavy atom. The molecule has 0 bridgehead atoms. The van der Waals surface area contributed by atoms with Gasteiger partial charge in [-0.25, -0.2) is 9.97 Å². The van der Waals surface area contributed by atoms with Gasteiger partial charge in [0.05, 0.1) is 23.6 Å². The third-order valence-corrected chi connectivity index (χ3v) is 2.99. The first kappa shape index (κ1) is 9.54. The minimum absolute atomic E-state index is 0.183. The number of aromatic amines is 1.